The predicted molar refractivity (Wildman–Crippen MR) is 87.8 cm³/mol. The first-order chi connectivity index (χ1) is 10.2. The van der Waals surface area contributed by atoms with E-state index in [9.17, 15) is 0 Å². The zero-order valence-corrected chi connectivity index (χ0v) is 12.6. The van der Waals surface area contributed by atoms with Crippen LogP contribution < -0.4 is 5.32 Å². The highest BCUT2D eigenvalue weighted by atomic mass is 35.5. The van der Waals surface area contributed by atoms with Gasteiger partial charge in [-0.05, 0) is 42.0 Å². The Balaban J connectivity index is 1.76. The van der Waals surface area contributed by atoms with Gasteiger partial charge in [-0.3, -0.25) is 5.10 Å². The zero-order valence-electron chi connectivity index (χ0n) is 11.1. The topological polar surface area (TPSA) is 40.7 Å². The van der Waals surface area contributed by atoms with Gasteiger partial charge in [-0.25, -0.2) is 0 Å². The monoisotopic (exact) mass is 317 g/mol. The molecular formula is C16H13Cl2N3. The number of nitrogens with zero attached hydrogens (tertiary/aromatic N) is 1. The highest BCUT2D eigenvalue weighted by molar-refractivity contribution is 6.33. The van der Waals surface area contributed by atoms with Crippen molar-refractivity contribution in [2.24, 2.45) is 0 Å². The number of H-pyrrole nitrogens is 1. The Kier molecular flexibility index (Phi) is 4.13. The highest BCUT2D eigenvalue weighted by Crippen LogP contribution is 2.24. The summed E-state index contributed by atoms with van der Waals surface area (Å²) in [5, 5.41) is 11.7. The van der Waals surface area contributed by atoms with E-state index in [1.807, 2.05) is 36.4 Å². The molecule has 3 aromatic rings. The summed E-state index contributed by atoms with van der Waals surface area (Å²) in [6.07, 6.45) is 1.74. The van der Waals surface area contributed by atoms with Crippen molar-refractivity contribution in [3.05, 3.63) is 70.3 Å². The van der Waals surface area contributed by atoms with E-state index in [0.29, 0.717) is 16.6 Å². The summed E-state index contributed by atoms with van der Waals surface area (Å²) < 4.78 is 0. The van der Waals surface area contributed by atoms with E-state index >= 15 is 0 Å². The molecule has 1 heterocycles. The largest absolute Gasteiger partial charge is 0.381 e. The van der Waals surface area contributed by atoms with Gasteiger partial charge in [0.05, 0.1) is 5.69 Å². The number of hydrogen-bond acceptors (Lipinski definition) is 2. The molecule has 0 fully saturated rings. The van der Waals surface area contributed by atoms with Gasteiger partial charge in [0, 0.05) is 34.0 Å². The minimum Gasteiger partial charge on any atom is -0.381 e. The normalized spacial score (nSPS) is 10.6. The number of halogens is 2. The third-order valence-electron chi connectivity index (χ3n) is 3.17. The lowest BCUT2D eigenvalue weighted by Crippen LogP contribution is -2.00. The predicted octanol–water partition coefficient (Wildman–Crippen LogP) is 5.00. The van der Waals surface area contributed by atoms with Crippen molar-refractivity contribution in [1.82, 2.24) is 10.2 Å². The van der Waals surface area contributed by atoms with Crippen molar-refractivity contribution in [2.45, 2.75) is 6.54 Å². The molecule has 0 atom stereocenters. The molecule has 0 aliphatic rings. The average Bonchev–Trinajstić information content (AvgIpc) is 3.03. The van der Waals surface area contributed by atoms with Crippen LogP contribution in [0.15, 0.2) is 54.7 Å². The van der Waals surface area contributed by atoms with E-state index in [1.165, 1.54) is 0 Å². The Morgan fingerprint density at radius 2 is 1.95 bits per heavy atom. The van der Waals surface area contributed by atoms with Crippen LogP contribution in [0.1, 0.15) is 5.56 Å². The molecule has 3 nitrogen and oxygen atoms in total. The first-order valence-electron chi connectivity index (χ1n) is 6.50. The summed E-state index contributed by atoms with van der Waals surface area (Å²) in [4.78, 5) is 0. The zero-order chi connectivity index (χ0) is 14.7. The van der Waals surface area contributed by atoms with Gasteiger partial charge in [-0.15, -0.1) is 0 Å². The number of rotatable bonds is 4. The number of anilines is 1. The van der Waals surface area contributed by atoms with Gasteiger partial charge in [-0.2, -0.15) is 5.10 Å². The second-order valence-electron chi connectivity index (χ2n) is 4.64. The summed E-state index contributed by atoms with van der Waals surface area (Å²) in [7, 11) is 0. The Labute approximate surface area is 132 Å². The van der Waals surface area contributed by atoms with Crippen molar-refractivity contribution < 1.29 is 0 Å². The van der Waals surface area contributed by atoms with Crippen LogP contribution in [0.4, 0.5) is 5.69 Å². The molecule has 106 valence electrons. The molecule has 5 heteroatoms. The van der Waals surface area contributed by atoms with Crippen LogP contribution in [0.5, 0.6) is 0 Å². The van der Waals surface area contributed by atoms with Crippen LogP contribution in [-0.2, 0) is 6.54 Å². The Bertz CT molecular complexity index is 739. The van der Waals surface area contributed by atoms with Crippen LogP contribution in [-0.4, -0.2) is 10.2 Å². The molecule has 0 saturated heterocycles. The fraction of sp³-hybridized carbons (Fsp3) is 0.0625. The Morgan fingerprint density at radius 1 is 1.05 bits per heavy atom. The van der Waals surface area contributed by atoms with Crippen LogP contribution >= 0.6 is 23.2 Å². The third kappa shape index (κ3) is 3.38. The number of nitrogens with one attached hydrogen (secondary N) is 2. The first kappa shape index (κ1) is 14.0. The molecule has 3 rings (SSSR count). The van der Waals surface area contributed by atoms with Crippen LogP contribution in [0.3, 0.4) is 0 Å². The molecule has 0 unspecified atom stereocenters. The number of aromatic amines is 1. The first-order valence-corrected chi connectivity index (χ1v) is 7.25. The fourth-order valence-electron chi connectivity index (χ4n) is 2.09. The van der Waals surface area contributed by atoms with Gasteiger partial charge < -0.3 is 5.32 Å². The van der Waals surface area contributed by atoms with E-state index in [1.54, 1.807) is 12.3 Å². The molecule has 0 spiro atoms. The van der Waals surface area contributed by atoms with Crippen LogP contribution in [0, 0.1) is 0 Å². The molecule has 2 N–H and O–H groups in total. The number of aromatic nitrogens is 2. The molecule has 0 aliphatic carbocycles. The Hall–Kier alpha value is -1.97. The fourth-order valence-corrected chi connectivity index (χ4v) is 2.47. The van der Waals surface area contributed by atoms with E-state index in [-0.39, 0.29) is 0 Å². The highest BCUT2D eigenvalue weighted by Gasteiger charge is 2.03. The molecule has 0 bridgehead atoms. The summed E-state index contributed by atoms with van der Waals surface area (Å²) in [5.74, 6) is 0. The lowest BCUT2D eigenvalue weighted by atomic mass is 10.1. The van der Waals surface area contributed by atoms with E-state index in [4.69, 9.17) is 23.2 Å². The summed E-state index contributed by atoms with van der Waals surface area (Å²) in [6.45, 7) is 0.617. The summed E-state index contributed by atoms with van der Waals surface area (Å²) >= 11 is 12.2. The molecule has 1 aromatic heterocycles. The molecule has 2 aromatic carbocycles. The van der Waals surface area contributed by atoms with Gasteiger partial charge in [0.15, 0.2) is 0 Å². The smallest absolute Gasteiger partial charge is 0.0650 e. The third-order valence-corrected chi connectivity index (χ3v) is 3.77. The lowest BCUT2D eigenvalue weighted by Gasteiger charge is -2.09. The number of benzene rings is 2. The van der Waals surface area contributed by atoms with E-state index in [2.05, 4.69) is 21.6 Å². The van der Waals surface area contributed by atoms with E-state index in [0.717, 1.165) is 22.5 Å². The molecule has 0 aliphatic heterocycles. The second kappa shape index (κ2) is 6.20. The van der Waals surface area contributed by atoms with Gasteiger partial charge in [-0.1, -0.05) is 35.3 Å². The molecule has 0 saturated carbocycles. The maximum atomic E-state index is 6.16. The van der Waals surface area contributed by atoms with Crippen molar-refractivity contribution in [2.75, 3.05) is 5.32 Å². The maximum Gasteiger partial charge on any atom is 0.0650 e. The van der Waals surface area contributed by atoms with Crippen molar-refractivity contribution >= 4 is 28.9 Å². The summed E-state index contributed by atoms with van der Waals surface area (Å²) in [5.41, 5.74) is 4.04. The quantitative estimate of drug-likeness (QED) is 0.711. The van der Waals surface area contributed by atoms with Crippen molar-refractivity contribution in [3.8, 4) is 11.3 Å². The van der Waals surface area contributed by atoms with Crippen molar-refractivity contribution in [3.63, 3.8) is 0 Å². The van der Waals surface area contributed by atoms with E-state index < -0.39 is 0 Å². The lowest BCUT2D eigenvalue weighted by molar-refractivity contribution is 1.09. The molecular weight excluding hydrogens is 305 g/mol. The van der Waals surface area contributed by atoms with Crippen LogP contribution in [0.25, 0.3) is 11.3 Å². The van der Waals surface area contributed by atoms with Crippen molar-refractivity contribution in [1.29, 1.82) is 0 Å². The summed E-state index contributed by atoms with van der Waals surface area (Å²) in [6, 6.07) is 15.5. The average molecular weight is 318 g/mol. The maximum absolute atomic E-state index is 6.16. The Morgan fingerprint density at radius 3 is 2.76 bits per heavy atom. The van der Waals surface area contributed by atoms with Crippen LogP contribution in [0.2, 0.25) is 10.0 Å². The second-order valence-corrected chi connectivity index (χ2v) is 5.48. The van der Waals surface area contributed by atoms with Gasteiger partial charge in [0.1, 0.15) is 0 Å². The van der Waals surface area contributed by atoms with Gasteiger partial charge in [0.2, 0.25) is 0 Å². The van der Waals surface area contributed by atoms with Gasteiger partial charge >= 0.3 is 0 Å². The molecule has 0 radical (unpaired) electrons. The standard InChI is InChI=1S/C16H13Cl2N3/c17-13-4-5-15(18)12(8-13)10-19-14-3-1-2-11(9-14)16-6-7-20-21-16/h1-9,19H,10H2,(H,20,21). The number of hydrogen-bond donors (Lipinski definition) is 2. The minimum atomic E-state index is 0.617. The molecule has 21 heavy (non-hydrogen) atoms. The SMILES string of the molecule is Clc1ccc(Cl)c(CNc2cccc(-c3ccn[nH]3)c2)c1. The minimum absolute atomic E-state index is 0.617. The van der Waals surface area contributed by atoms with Gasteiger partial charge in [0.25, 0.3) is 0 Å². The molecule has 0 amide bonds.